The lowest BCUT2D eigenvalue weighted by molar-refractivity contribution is -0.116. The van der Waals surface area contributed by atoms with Crippen LogP contribution in [-0.2, 0) is 4.79 Å². The first-order chi connectivity index (χ1) is 12.5. The fourth-order valence-electron chi connectivity index (χ4n) is 2.46. The summed E-state index contributed by atoms with van der Waals surface area (Å²) in [5, 5.41) is 6.94. The summed E-state index contributed by atoms with van der Waals surface area (Å²) in [6.07, 6.45) is 3.57. The van der Waals surface area contributed by atoms with Gasteiger partial charge in [0.2, 0.25) is 0 Å². The number of thioether (sulfide) groups is 1. The van der Waals surface area contributed by atoms with Gasteiger partial charge in [-0.3, -0.25) is 4.79 Å². The molecule has 26 heavy (non-hydrogen) atoms. The highest BCUT2D eigenvalue weighted by Crippen LogP contribution is 2.31. The zero-order valence-corrected chi connectivity index (χ0v) is 15.9. The quantitative estimate of drug-likeness (QED) is 0.552. The molecule has 1 unspecified atom stereocenters. The Morgan fingerprint density at radius 3 is 2.77 bits per heavy atom. The Morgan fingerprint density at radius 2 is 2.08 bits per heavy atom. The number of carbonyl (C=O) groups excluding carboxylic acids is 1. The van der Waals surface area contributed by atoms with Crippen molar-refractivity contribution in [2.45, 2.75) is 12.4 Å². The highest BCUT2D eigenvalue weighted by molar-refractivity contribution is 8.05. The Bertz CT molecular complexity index is 849. The maximum absolute atomic E-state index is 12.2. The summed E-state index contributed by atoms with van der Waals surface area (Å²) in [7, 11) is 0. The van der Waals surface area contributed by atoms with Crippen molar-refractivity contribution in [3.63, 3.8) is 0 Å². The SMILES string of the molecule is C=CCOc1ccc(/C=C2\SC(Nc3ccc(Cl)cc3C)NC2=O)cc1. The van der Waals surface area contributed by atoms with E-state index < -0.39 is 0 Å². The number of nitrogens with one attached hydrogen (secondary N) is 2. The molecule has 0 spiro atoms. The van der Waals surface area contributed by atoms with Crippen molar-refractivity contribution in [2.75, 3.05) is 11.9 Å². The van der Waals surface area contributed by atoms with Crippen LogP contribution in [0.2, 0.25) is 5.02 Å². The van der Waals surface area contributed by atoms with Crippen LogP contribution >= 0.6 is 23.4 Å². The maximum atomic E-state index is 12.2. The van der Waals surface area contributed by atoms with Crippen molar-refractivity contribution < 1.29 is 9.53 Å². The molecule has 134 valence electrons. The van der Waals surface area contributed by atoms with Gasteiger partial charge in [0.15, 0.2) is 5.50 Å². The number of ether oxygens (including phenoxy) is 1. The van der Waals surface area contributed by atoms with Crippen molar-refractivity contribution in [1.29, 1.82) is 0 Å². The number of benzene rings is 2. The van der Waals surface area contributed by atoms with Gasteiger partial charge < -0.3 is 15.4 Å². The van der Waals surface area contributed by atoms with E-state index >= 15 is 0 Å². The first-order valence-corrected chi connectivity index (χ1v) is 9.36. The average molecular weight is 387 g/mol. The number of carbonyl (C=O) groups is 1. The summed E-state index contributed by atoms with van der Waals surface area (Å²) in [5.74, 6) is 0.680. The molecule has 2 N–H and O–H groups in total. The van der Waals surface area contributed by atoms with E-state index in [1.165, 1.54) is 11.8 Å². The molecule has 0 aromatic heterocycles. The van der Waals surface area contributed by atoms with Crippen LogP contribution < -0.4 is 15.4 Å². The fraction of sp³-hybridized carbons (Fsp3) is 0.150. The van der Waals surface area contributed by atoms with Crippen molar-refractivity contribution in [2.24, 2.45) is 0 Å². The molecule has 1 amide bonds. The highest BCUT2D eigenvalue weighted by atomic mass is 35.5. The van der Waals surface area contributed by atoms with Crippen LogP contribution in [0, 0.1) is 6.92 Å². The average Bonchev–Trinajstić information content (AvgIpc) is 2.96. The third kappa shape index (κ3) is 4.62. The number of amides is 1. The summed E-state index contributed by atoms with van der Waals surface area (Å²) < 4.78 is 5.46. The van der Waals surface area contributed by atoms with Crippen LogP contribution in [0.1, 0.15) is 11.1 Å². The van der Waals surface area contributed by atoms with Crippen LogP contribution in [0.5, 0.6) is 5.75 Å². The molecular weight excluding hydrogens is 368 g/mol. The highest BCUT2D eigenvalue weighted by Gasteiger charge is 2.27. The molecule has 0 bridgehead atoms. The second-order valence-electron chi connectivity index (χ2n) is 5.75. The van der Waals surface area contributed by atoms with Gasteiger partial charge in [0, 0.05) is 10.7 Å². The maximum Gasteiger partial charge on any atom is 0.260 e. The van der Waals surface area contributed by atoms with Gasteiger partial charge in [-0.05, 0) is 54.5 Å². The fourth-order valence-corrected chi connectivity index (χ4v) is 3.66. The van der Waals surface area contributed by atoms with Gasteiger partial charge in [-0.25, -0.2) is 0 Å². The number of hydrogen-bond donors (Lipinski definition) is 2. The lowest BCUT2D eigenvalue weighted by Crippen LogP contribution is -2.31. The van der Waals surface area contributed by atoms with E-state index in [1.807, 2.05) is 55.5 Å². The summed E-state index contributed by atoms with van der Waals surface area (Å²) in [5.41, 5.74) is 2.69. The van der Waals surface area contributed by atoms with Gasteiger partial charge in [0.1, 0.15) is 12.4 Å². The number of rotatable bonds is 6. The van der Waals surface area contributed by atoms with Crippen molar-refractivity contribution in [1.82, 2.24) is 5.32 Å². The van der Waals surface area contributed by atoms with E-state index in [2.05, 4.69) is 17.2 Å². The van der Waals surface area contributed by atoms with E-state index in [0.29, 0.717) is 16.5 Å². The standard InChI is InChI=1S/C20H19ClN2O2S/c1-3-10-25-16-7-4-14(5-8-16)12-18-19(24)23-20(26-18)22-17-9-6-15(21)11-13(17)2/h3-9,11-12,20,22H,1,10H2,2H3,(H,23,24)/b18-12-. The topological polar surface area (TPSA) is 50.4 Å². The number of halogens is 1. The van der Waals surface area contributed by atoms with Crippen molar-refractivity contribution in [3.05, 3.63) is 76.2 Å². The molecule has 1 aliphatic rings. The Labute approximate surface area is 162 Å². The second kappa shape index (κ2) is 8.34. The summed E-state index contributed by atoms with van der Waals surface area (Å²) >= 11 is 7.43. The zero-order valence-electron chi connectivity index (χ0n) is 14.3. The molecule has 2 aromatic rings. The Morgan fingerprint density at radius 1 is 1.31 bits per heavy atom. The van der Waals surface area contributed by atoms with Gasteiger partial charge in [0.25, 0.3) is 5.91 Å². The van der Waals surface area contributed by atoms with Crippen LogP contribution in [-0.4, -0.2) is 18.0 Å². The van der Waals surface area contributed by atoms with Gasteiger partial charge >= 0.3 is 0 Å². The largest absolute Gasteiger partial charge is 0.490 e. The monoisotopic (exact) mass is 386 g/mol. The molecule has 1 fully saturated rings. The van der Waals surface area contributed by atoms with E-state index in [9.17, 15) is 4.79 Å². The van der Waals surface area contributed by atoms with Crippen molar-refractivity contribution in [3.8, 4) is 5.75 Å². The minimum absolute atomic E-state index is 0.0916. The Kier molecular flexibility index (Phi) is 5.91. The summed E-state index contributed by atoms with van der Waals surface area (Å²) in [4.78, 5) is 12.9. The van der Waals surface area contributed by atoms with Gasteiger partial charge in [0.05, 0.1) is 4.91 Å². The molecule has 0 radical (unpaired) electrons. The summed E-state index contributed by atoms with van der Waals surface area (Å²) in [6, 6.07) is 13.2. The van der Waals surface area contributed by atoms with E-state index in [1.54, 1.807) is 6.08 Å². The van der Waals surface area contributed by atoms with E-state index in [4.69, 9.17) is 16.3 Å². The zero-order chi connectivity index (χ0) is 18.5. The number of aryl methyl sites for hydroxylation is 1. The predicted octanol–water partition coefficient (Wildman–Crippen LogP) is 4.81. The van der Waals surface area contributed by atoms with Crippen LogP contribution in [0.4, 0.5) is 5.69 Å². The molecule has 0 aliphatic carbocycles. The van der Waals surface area contributed by atoms with Crippen LogP contribution in [0.15, 0.2) is 60.0 Å². The molecule has 2 aromatic carbocycles. The minimum Gasteiger partial charge on any atom is -0.490 e. The van der Waals surface area contributed by atoms with Gasteiger partial charge in [-0.2, -0.15) is 0 Å². The summed E-state index contributed by atoms with van der Waals surface area (Å²) in [6.45, 7) is 6.07. The smallest absolute Gasteiger partial charge is 0.260 e. The second-order valence-corrected chi connectivity index (χ2v) is 7.34. The Hall–Kier alpha value is -2.37. The van der Waals surface area contributed by atoms with Crippen molar-refractivity contribution >= 4 is 41.0 Å². The van der Waals surface area contributed by atoms with E-state index in [0.717, 1.165) is 22.6 Å². The number of anilines is 1. The Balaban J connectivity index is 1.67. The third-order valence-corrected chi connectivity index (χ3v) is 5.02. The molecule has 1 aliphatic heterocycles. The molecule has 0 saturated carbocycles. The number of hydrogen-bond acceptors (Lipinski definition) is 4. The molecular formula is C20H19ClN2O2S. The lowest BCUT2D eigenvalue weighted by atomic mass is 10.2. The molecule has 1 heterocycles. The van der Waals surface area contributed by atoms with E-state index in [-0.39, 0.29) is 11.4 Å². The normalized spacial score (nSPS) is 17.8. The van der Waals surface area contributed by atoms with Gasteiger partial charge in [-0.1, -0.05) is 48.2 Å². The van der Waals surface area contributed by atoms with Crippen LogP contribution in [0.25, 0.3) is 6.08 Å². The lowest BCUT2D eigenvalue weighted by Gasteiger charge is -2.15. The van der Waals surface area contributed by atoms with Crippen LogP contribution in [0.3, 0.4) is 0 Å². The predicted molar refractivity (Wildman–Crippen MR) is 109 cm³/mol. The molecule has 1 saturated heterocycles. The first-order valence-electron chi connectivity index (χ1n) is 8.11. The molecule has 6 heteroatoms. The van der Waals surface area contributed by atoms with Gasteiger partial charge in [-0.15, -0.1) is 0 Å². The first kappa shape index (κ1) is 18.4. The third-order valence-electron chi connectivity index (χ3n) is 3.75. The molecule has 4 nitrogen and oxygen atoms in total. The molecule has 1 atom stereocenters. The molecule has 3 rings (SSSR count). The minimum atomic E-state index is -0.219.